The van der Waals surface area contributed by atoms with Gasteiger partial charge in [-0.2, -0.15) is 0 Å². The van der Waals surface area contributed by atoms with Crippen LogP contribution in [0.4, 0.5) is 4.39 Å². The van der Waals surface area contributed by atoms with Crippen LogP contribution < -0.4 is 0 Å². The molecule has 0 amide bonds. The largest absolute Gasteiger partial charge is 0.466 e. The molecule has 0 aromatic heterocycles. The van der Waals surface area contributed by atoms with E-state index in [1.54, 1.807) is 19.9 Å². The van der Waals surface area contributed by atoms with Crippen molar-refractivity contribution < 1.29 is 13.9 Å². The van der Waals surface area contributed by atoms with Gasteiger partial charge in [0.25, 0.3) is 0 Å². The Balaban J connectivity index is 2.93. The molecule has 0 aliphatic rings. The lowest BCUT2D eigenvalue weighted by Gasteiger charge is -2.07. The van der Waals surface area contributed by atoms with E-state index in [0.29, 0.717) is 17.7 Å². The fraction of sp³-hybridized carbons (Fsp3) is 0.364. The Morgan fingerprint density at radius 2 is 2.20 bits per heavy atom. The molecular formula is C11H12ClFO2. The molecule has 0 atom stereocenters. The van der Waals surface area contributed by atoms with Crippen molar-refractivity contribution in [1.29, 1.82) is 0 Å². The van der Waals surface area contributed by atoms with Gasteiger partial charge in [0, 0.05) is 5.56 Å². The third kappa shape index (κ3) is 2.93. The number of carbonyl (C=O) groups is 1. The zero-order chi connectivity index (χ0) is 11.4. The molecule has 0 N–H and O–H groups in total. The second kappa shape index (κ2) is 5.12. The number of ether oxygens (including phenoxy) is 1. The molecular weight excluding hydrogens is 219 g/mol. The fourth-order valence-corrected chi connectivity index (χ4v) is 1.44. The summed E-state index contributed by atoms with van der Waals surface area (Å²) in [6.07, 6.45) is -0.0773. The molecule has 0 radical (unpaired) electrons. The van der Waals surface area contributed by atoms with Gasteiger partial charge in [0.2, 0.25) is 0 Å². The molecule has 0 saturated carbocycles. The number of halogens is 2. The minimum Gasteiger partial charge on any atom is -0.466 e. The average molecular weight is 231 g/mol. The molecule has 0 bridgehead atoms. The first-order chi connectivity index (χ1) is 7.06. The Labute approximate surface area is 93.0 Å². The van der Waals surface area contributed by atoms with Crippen LogP contribution >= 0.6 is 11.6 Å². The summed E-state index contributed by atoms with van der Waals surface area (Å²) in [6.45, 7) is 3.73. The van der Waals surface area contributed by atoms with E-state index in [0.717, 1.165) is 0 Å². The maximum Gasteiger partial charge on any atom is 0.310 e. The van der Waals surface area contributed by atoms with Gasteiger partial charge in [0.05, 0.1) is 18.1 Å². The molecule has 0 aliphatic heterocycles. The van der Waals surface area contributed by atoms with Gasteiger partial charge in [-0.05, 0) is 25.5 Å². The molecule has 1 aromatic rings. The number of esters is 1. The van der Waals surface area contributed by atoms with Crippen LogP contribution in [0.5, 0.6) is 0 Å². The van der Waals surface area contributed by atoms with Crippen molar-refractivity contribution in [3.63, 3.8) is 0 Å². The quantitative estimate of drug-likeness (QED) is 0.747. The topological polar surface area (TPSA) is 26.3 Å². The van der Waals surface area contributed by atoms with Crippen molar-refractivity contribution in [2.75, 3.05) is 6.61 Å². The van der Waals surface area contributed by atoms with Gasteiger partial charge >= 0.3 is 5.97 Å². The van der Waals surface area contributed by atoms with E-state index in [-0.39, 0.29) is 11.4 Å². The molecule has 1 rings (SSSR count). The van der Waals surface area contributed by atoms with Crippen LogP contribution in [0.1, 0.15) is 18.1 Å². The molecule has 0 saturated heterocycles. The van der Waals surface area contributed by atoms with Gasteiger partial charge in [-0.25, -0.2) is 4.39 Å². The molecule has 15 heavy (non-hydrogen) atoms. The van der Waals surface area contributed by atoms with Crippen molar-refractivity contribution in [2.45, 2.75) is 20.3 Å². The highest BCUT2D eigenvalue weighted by Gasteiger charge is 2.14. The zero-order valence-electron chi connectivity index (χ0n) is 8.64. The van der Waals surface area contributed by atoms with E-state index in [1.165, 1.54) is 6.07 Å². The fourth-order valence-electron chi connectivity index (χ4n) is 1.26. The minimum absolute atomic E-state index is 0.0277. The van der Waals surface area contributed by atoms with Crippen molar-refractivity contribution in [2.24, 2.45) is 0 Å². The highest BCUT2D eigenvalue weighted by molar-refractivity contribution is 6.30. The number of carbonyl (C=O) groups excluding carboxylic acids is 1. The molecule has 82 valence electrons. The SMILES string of the molecule is CCOC(=O)Cc1c(C)ccc(Cl)c1F. The van der Waals surface area contributed by atoms with E-state index in [9.17, 15) is 9.18 Å². The number of rotatable bonds is 3. The standard InChI is InChI=1S/C11H12ClFO2/c1-3-15-10(14)6-8-7(2)4-5-9(12)11(8)13/h4-5H,3,6H2,1-2H3. The van der Waals surface area contributed by atoms with Gasteiger partial charge in [0.1, 0.15) is 5.82 Å². The van der Waals surface area contributed by atoms with Crippen molar-refractivity contribution >= 4 is 17.6 Å². The number of hydrogen-bond donors (Lipinski definition) is 0. The maximum atomic E-state index is 13.5. The Hall–Kier alpha value is -1.09. The van der Waals surface area contributed by atoms with Crippen LogP contribution in [0, 0.1) is 12.7 Å². The average Bonchev–Trinajstić information content (AvgIpc) is 2.19. The number of benzene rings is 1. The van der Waals surface area contributed by atoms with Crippen LogP contribution in [0.2, 0.25) is 5.02 Å². The summed E-state index contributed by atoms with van der Waals surface area (Å²) in [6, 6.07) is 3.15. The molecule has 0 fully saturated rings. The molecule has 0 spiro atoms. The molecule has 2 nitrogen and oxygen atoms in total. The summed E-state index contributed by atoms with van der Waals surface area (Å²) < 4.78 is 18.3. The lowest BCUT2D eigenvalue weighted by atomic mass is 10.1. The smallest absolute Gasteiger partial charge is 0.310 e. The normalized spacial score (nSPS) is 10.1. The van der Waals surface area contributed by atoms with Crippen molar-refractivity contribution in [1.82, 2.24) is 0 Å². The Morgan fingerprint density at radius 1 is 1.53 bits per heavy atom. The number of aryl methyl sites for hydroxylation is 1. The van der Waals surface area contributed by atoms with E-state index in [1.807, 2.05) is 0 Å². The lowest BCUT2D eigenvalue weighted by molar-refractivity contribution is -0.142. The van der Waals surface area contributed by atoms with Gasteiger partial charge in [-0.3, -0.25) is 4.79 Å². The van der Waals surface area contributed by atoms with E-state index >= 15 is 0 Å². The highest BCUT2D eigenvalue weighted by atomic mass is 35.5. The first-order valence-electron chi connectivity index (χ1n) is 4.65. The second-order valence-corrected chi connectivity index (χ2v) is 3.55. The predicted octanol–water partition coefficient (Wildman–Crippen LogP) is 2.89. The second-order valence-electron chi connectivity index (χ2n) is 3.14. The van der Waals surface area contributed by atoms with Gasteiger partial charge < -0.3 is 4.74 Å². The van der Waals surface area contributed by atoms with E-state index in [4.69, 9.17) is 16.3 Å². The summed E-state index contributed by atoms with van der Waals surface area (Å²) in [5, 5.41) is 0.0277. The van der Waals surface area contributed by atoms with Gasteiger partial charge in [-0.15, -0.1) is 0 Å². The predicted molar refractivity (Wildman–Crippen MR) is 56.5 cm³/mol. The maximum absolute atomic E-state index is 13.5. The van der Waals surface area contributed by atoms with Crippen LogP contribution in [-0.4, -0.2) is 12.6 Å². The molecule has 0 unspecified atom stereocenters. The van der Waals surface area contributed by atoms with Crippen LogP contribution in [0.25, 0.3) is 0 Å². The third-order valence-corrected chi connectivity index (χ3v) is 2.35. The highest BCUT2D eigenvalue weighted by Crippen LogP contribution is 2.22. The van der Waals surface area contributed by atoms with E-state index < -0.39 is 11.8 Å². The van der Waals surface area contributed by atoms with Crippen molar-refractivity contribution in [3.8, 4) is 0 Å². The summed E-state index contributed by atoms with van der Waals surface area (Å²) in [7, 11) is 0. The molecule has 0 heterocycles. The third-order valence-electron chi connectivity index (χ3n) is 2.06. The zero-order valence-corrected chi connectivity index (χ0v) is 9.40. The minimum atomic E-state index is -0.537. The van der Waals surface area contributed by atoms with Crippen LogP contribution in [0.3, 0.4) is 0 Å². The lowest BCUT2D eigenvalue weighted by Crippen LogP contribution is -2.10. The van der Waals surface area contributed by atoms with Gasteiger partial charge in [0.15, 0.2) is 0 Å². The van der Waals surface area contributed by atoms with Crippen LogP contribution in [0.15, 0.2) is 12.1 Å². The first kappa shape index (κ1) is 12.0. The van der Waals surface area contributed by atoms with E-state index in [2.05, 4.69) is 0 Å². The summed E-state index contributed by atoms with van der Waals surface area (Å²) in [4.78, 5) is 11.2. The summed E-state index contributed by atoms with van der Waals surface area (Å²) >= 11 is 5.62. The molecule has 0 aliphatic carbocycles. The first-order valence-corrected chi connectivity index (χ1v) is 5.03. The molecule has 4 heteroatoms. The monoisotopic (exact) mass is 230 g/mol. The van der Waals surface area contributed by atoms with Crippen LogP contribution in [-0.2, 0) is 16.0 Å². The Kier molecular flexibility index (Phi) is 4.09. The summed E-state index contributed by atoms with van der Waals surface area (Å²) in [5.41, 5.74) is 1.01. The van der Waals surface area contributed by atoms with Crippen molar-refractivity contribution in [3.05, 3.63) is 34.1 Å². The Bertz CT molecular complexity index is 377. The Morgan fingerprint density at radius 3 is 2.80 bits per heavy atom. The number of hydrogen-bond acceptors (Lipinski definition) is 2. The molecule has 1 aromatic carbocycles. The van der Waals surface area contributed by atoms with Gasteiger partial charge in [-0.1, -0.05) is 17.7 Å². The summed E-state index contributed by atoms with van der Waals surface area (Å²) in [5.74, 6) is -0.980.